The predicted octanol–water partition coefficient (Wildman–Crippen LogP) is 0.710. The number of sulfonamides is 1. The molecule has 12 nitrogen and oxygen atoms in total. The fourth-order valence-electron chi connectivity index (χ4n) is 3.50. The maximum absolute atomic E-state index is 13.2. The summed E-state index contributed by atoms with van der Waals surface area (Å²) in [7, 11) is -2.20. The number of nitrogens with one attached hydrogen (secondary N) is 1. The lowest BCUT2D eigenvalue weighted by molar-refractivity contribution is 0.192. The molecule has 0 aliphatic carbocycles. The highest BCUT2D eigenvalue weighted by Crippen LogP contribution is 2.32. The van der Waals surface area contributed by atoms with E-state index in [2.05, 4.69) is 20.4 Å². The number of H-pyrrole nitrogens is 1. The molecule has 164 valence electrons. The molecule has 3 aromatic rings. The quantitative estimate of drug-likeness (QED) is 0.544. The number of benzene rings is 1. The number of hydrogen-bond acceptors (Lipinski definition) is 8. The lowest BCUT2D eigenvalue weighted by Gasteiger charge is -2.30. The molecule has 0 spiro atoms. The minimum Gasteiger partial charge on any atom is -0.493 e. The number of aromatic amines is 1. The van der Waals surface area contributed by atoms with Crippen molar-refractivity contribution in [1.82, 2.24) is 29.1 Å². The second-order valence-electron chi connectivity index (χ2n) is 6.95. The highest BCUT2D eigenvalue weighted by molar-refractivity contribution is 7.89. The lowest BCUT2D eigenvalue weighted by Crippen LogP contribution is -2.46. The van der Waals surface area contributed by atoms with E-state index in [4.69, 9.17) is 4.74 Å². The number of hydrogen-bond donors (Lipinski definition) is 1. The highest BCUT2D eigenvalue weighted by atomic mass is 32.2. The van der Waals surface area contributed by atoms with Gasteiger partial charge in [-0.05, 0) is 25.1 Å². The number of nitrogens with zero attached hydrogens (tertiary/aromatic N) is 6. The molecule has 1 aliphatic heterocycles. The number of ether oxygens (including phenoxy) is 1. The number of aryl methyl sites for hydroxylation is 1. The molecule has 1 saturated heterocycles. The number of piperazine rings is 1. The van der Waals surface area contributed by atoms with Crippen molar-refractivity contribution in [2.24, 2.45) is 12.3 Å². The van der Waals surface area contributed by atoms with E-state index in [1.807, 2.05) is 0 Å². The summed E-state index contributed by atoms with van der Waals surface area (Å²) in [6, 6.07) is 4.43. The third-order valence-electron chi connectivity index (χ3n) is 5.07. The maximum Gasteiger partial charge on any atom is 0.277 e. The number of rotatable bonds is 6. The van der Waals surface area contributed by atoms with Gasteiger partial charge in [0, 0.05) is 20.1 Å². The van der Waals surface area contributed by atoms with Gasteiger partial charge in [-0.1, -0.05) is 0 Å². The van der Waals surface area contributed by atoms with Crippen molar-refractivity contribution in [2.45, 2.75) is 11.8 Å². The van der Waals surface area contributed by atoms with Crippen LogP contribution in [0.4, 0.5) is 0 Å². The molecule has 0 bridgehead atoms. The minimum absolute atomic E-state index is 0.0346. The van der Waals surface area contributed by atoms with Crippen molar-refractivity contribution in [1.29, 1.82) is 0 Å². The summed E-state index contributed by atoms with van der Waals surface area (Å²) in [6.07, 6.45) is 1.47. The lowest BCUT2D eigenvalue weighted by atomic mass is 10.2. The standard InChI is InChI=1S/C18H21N7O5S/c1-3-30-15-5-4-12(31(28,29)25-8-6-24(22-27)7-9-25)10-13(15)17-20-14-11-19-23(2)16(14)18(26)21-17/h4-5,10-11H,3,6-9H2,1-2H3,(H,20,21,26). The van der Waals surface area contributed by atoms with Gasteiger partial charge in [0.25, 0.3) is 5.56 Å². The van der Waals surface area contributed by atoms with Gasteiger partial charge in [-0.3, -0.25) is 14.5 Å². The van der Waals surface area contributed by atoms with E-state index in [-0.39, 0.29) is 36.9 Å². The van der Waals surface area contributed by atoms with Gasteiger partial charge in [-0.25, -0.2) is 13.4 Å². The summed E-state index contributed by atoms with van der Waals surface area (Å²) < 4.78 is 34.7. The van der Waals surface area contributed by atoms with E-state index in [0.717, 1.165) is 0 Å². The summed E-state index contributed by atoms with van der Waals surface area (Å²) in [5, 5.41) is 8.19. The molecular formula is C18H21N7O5S. The van der Waals surface area contributed by atoms with Crippen LogP contribution in [0, 0.1) is 4.91 Å². The third kappa shape index (κ3) is 3.77. The van der Waals surface area contributed by atoms with Crippen LogP contribution in [0.15, 0.2) is 39.4 Å². The van der Waals surface area contributed by atoms with Crippen molar-refractivity contribution >= 4 is 21.1 Å². The first-order valence-electron chi connectivity index (χ1n) is 9.62. The van der Waals surface area contributed by atoms with E-state index in [9.17, 15) is 18.1 Å². The van der Waals surface area contributed by atoms with Crippen molar-refractivity contribution in [2.75, 3.05) is 32.8 Å². The van der Waals surface area contributed by atoms with Crippen LogP contribution in [0.2, 0.25) is 0 Å². The molecule has 0 unspecified atom stereocenters. The van der Waals surface area contributed by atoms with Gasteiger partial charge in [0.2, 0.25) is 10.0 Å². The second kappa shape index (κ2) is 8.07. The molecule has 4 rings (SSSR count). The van der Waals surface area contributed by atoms with E-state index in [1.165, 1.54) is 32.3 Å². The molecule has 1 N–H and O–H groups in total. The fraction of sp³-hybridized carbons (Fsp3) is 0.389. The molecule has 0 radical (unpaired) electrons. The SMILES string of the molecule is CCOc1ccc(S(=O)(=O)N2CCN(N=O)CC2)cc1-c1nc2cnn(C)c2c(=O)[nH]1. The highest BCUT2D eigenvalue weighted by Gasteiger charge is 2.29. The Morgan fingerprint density at radius 3 is 2.65 bits per heavy atom. The second-order valence-corrected chi connectivity index (χ2v) is 8.88. The molecule has 31 heavy (non-hydrogen) atoms. The smallest absolute Gasteiger partial charge is 0.277 e. The Balaban J connectivity index is 1.79. The van der Waals surface area contributed by atoms with Crippen LogP contribution in [-0.2, 0) is 17.1 Å². The molecule has 13 heteroatoms. The molecule has 0 amide bonds. The minimum atomic E-state index is -3.83. The number of nitroso groups, excluding NO2 is 1. The number of fused-ring (bicyclic) bond motifs is 1. The van der Waals surface area contributed by atoms with E-state index in [0.29, 0.717) is 29.0 Å². The van der Waals surface area contributed by atoms with Crippen LogP contribution >= 0.6 is 0 Å². The Hall–Kier alpha value is -3.32. The molecule has 1 fully saturated rings. The van der Waals surface area contributed by atoms with Gasteiger partial charge >= 0.3 is 0 Å². The Morgan fingerprint density at radius 1 is 1.23 bits per heavy atom. The molecular weight excluding hydrogens is 426 g/mol. The zero-order chi connectivity index (χ0) is 22.2. The van der Waals surface area contributed by atoms with Crippen LogP contribution in [0.3, 0.4) is 0 Å². The van der Waals surface area contributed by atoms with E-state index in [1.54, 1.807) is 20.0 Å². The Bertz CT molecular complexity index is 1290. The largest absolute Gasteiger partial charge is 0.493 e. The van der Waals surface area contributed by atoms with Gasteiger partial charge in [0.1, 0.15) is 17.1 Å². The molecule has 1 aromatic carbocycles. The van der Waals surface area contributed by atoms with Crippen molar-refractivity contribution in [3.8, 4) is 17.1 Å². The molecule has 0 atom stereocenters. The van der Waals surface area contributed by atoms with Crippen LogP contribution in [0.5, 0.6) is 5.75 Å². The summed E-state index contributed by atoms with van der Waals surface area (Å²) in [5.41, 5.74) is 0.647. The average Bonchev–Trinajstić information content (AvgIpc) is 3.15. The molecule has 0 saturated carbocycles. The molecule has 3 heterocycles. The van der Waals surface area contributed by atoms with Crippen molar-refractivity contribution < 1.29 is 13.2 Å². The van der Waals surface area contributed by atoms with Crippen LogP contribution < -0.4 is 10.3 Å². The zero-order valence-corrected chi connectivity index (χ0v) is 17.8. The Kier molecular flexibility index (Phi) is 5.45. The first-order valence-corrected chi connectivity index (χ1v) is 11.1. The monoisotopic (exact) mass is 447 g/mol. The molecule has 1 aliphatic rings. The van der Waals surface area contributed by atoms with Gasteiger partial charge in [-0.2, -0.15) is 9.40 Å². The van der Waals surface area contributed by atoms with Gasteiger partial charge < -0.3 is 9.72 Å². The molecule has 2 aromatic heterocycles. The van der Waals surface area contributed by atoms with Gasteiger partial charge in [-0.15, -0.1) is 4.91 Å². The topological polar surface area (TPSA) is 143 Å². The van der Waals surface area contributed by atoms with Crippen LogP contribution in [0.25, 0.3) is 22.4 Å². The number of aromatic nitrogens is 4. The van der Waals surface area contributed by atoms with E-state index < -0.39 is 15.6 Å². The van der Waals surface area contributed by atoms with Gasteiger partial charge in [0.15, 0.2) is 5.52 Å². The summed E-state index contributed by atoms with van der Waals surface area (Å²) in [6.45, 7) is 2.88. The normalized spacial score (nSPS) is 15.4. The van der Waals surface area contributed by atoms with Crippen molar-refractivity contribution in [3.63, 3.8) is 0 Å². The summed E-state index contributed by atoms with van der Waals surface area (Å²) in [4.78, 5) is 30.4. The third-order valence-corrected chi connectivity index (χ3v) is 6.97. The fourth-order valence-corrected chi connectivity index (χ4v) is 4.95. The Morgan fingerprint density at radius 2 is 1.97 bits per heavy atom. The first kappa shape index (κ1) is 20.9. The van der Waals surface area contributed by atoms with E-state index >= 15 is 0 Å². The first-order chi connectivity index (χ1) is 14.8. The zero-order valence-electron chi connectivity index (χ0n) is 17.0. The maximum atomic E-state index is 13.2. The van der Waals surface area contributed by atoms with Crippen molar-refractivity contribution in [3.05, 3.63) is 39.7 Å². The summed E-state index contributed by atoms with van der Waals surface area (Å²) in [5.74, 6) is 0.573. The summed E-state index contributed by atoms with van der Waals surface area (Å²) >= 11 is 0. The average molecular weight is 447 g/mol. The van der Waals surface area contributed by atoms with Gasteiger partial charge in [0.05, 0.1) is 41.6 Å². The van der Waals surface area contributed by atoms with Crippen LogP contribution in [0.1, 0.15) is 6.92 Å². The predicted molar refractivity (Wildman–Crippen MR) is 112 cm³/mol. The van der Waals surface area contributed by atoms with Crippen LogP contribution in [-0.4, -0.2) is 70.3 Å². The Labute approximate surface area is 177 Å².